The van der Waals surface area contributed by atoms with Gasteiger partial charge in [-0.3, -0.25) is 9.59 Å². The molecular weight excluding hydrogens is 552 g/mol. The number of nitrogens with zero attached hydrogens (tertiary/aromatic N) is 1. The van der Waals surface area contributed by atoms with Crippen LogP contribution >= 0.6 is 15.9 Å². The van der Waals surface area contributed by atoms with E-state index in [0.717, 1.165) is 41.3 Å². The summed E-state index contributed by atoms with van der Waals surface area (Å²) in [7, 11) is 0. The van der Waals surface area contributed by atoms with Gasteiger partial charge < -0.3 is 15.0 Å². The lowest BCUT2D eigenvalue weighted by molar-refractivity contribution is -0.143. The van der Waals surface area contributed by atoms with E-state index in [1.807, 2.05) is 78.9 Å². The van der Waals surface area contributed by atoms with Gasteiger partial charge in [0.15, 0.2) is 6.61 Å². The zero-order valence-electron chi connectivity index (χ0n) is 23.2. The maximum atomic E-state index is 13.8. The smallest absolute Gasteiger partial charge is 0.261 e. The molecule has 0 heterocycles. The van der Waals surface area contributed by atoms with Crippen molar-refractivity contribution in [2.45, 2.75) is 76.9 Å². The number of rotatable bonds is 10. The SMILES string of the molecule is CC(C)(C)c1ccc(OCC(=O)N(Cc2ccccc2)[C@H](Cc2ccccc2)C(=O)NC2CCCC2)c(Br)c1. The van der Waals surface area contributed by atoms with E-state index in [0.29, 0.717) is 18.7 Å². The Morgan fingerprint density at radius 3 is 2.15 bits per heavy atom. The van der Waals surface area contributed by atoms with Crippen LogP contribution in [0.4, 0.5) is 0 Å². The molecule has 1 fully saturated rings. The number of carbonyl (C=O) groups excluding carboxylic acids is 2. The van der Waals surface area contributed by atoms with Crippen LogP contribution in [0.2, 0.25) is 0 Å². The third-order valence-corrected chi connectivity index (χ3v) is 7.94. The minimum absolute atomic E-state index is 0.000685. The Morgan fingerprint density at radius 1 is 0.949 bits per heavy atom. The molecule has 6 heteroatoms. The summed E-state index contributed by atoms with van der Waals surface area (Å²) in [6, 6.07) is 25.2. The van der Waals surface area contributed by atoms with Gasteiger partial charge in [0.2, 0.25) is 5.91 Å². The highest BCUT2D eigenvalue weighted by molar-refractivity contribution is 9.10. The van der Waals surface area contributed by atoms with Crippen LogP contribution in [-0.2, 0) is 28.0 Å². The Kier molecular flexibility index (Phi) is 9.84. The van der Waals surface area contributed by atoms with Gasteiger partial charge in [-0.1, -0.05) is 100 Å². The Morgan fingerprint density at radius 2 is 1.56 bits per heavy atom. The maximum absolute atomic E-state index is 13.8. The maximum Gasteiger partial charge on any atom is 0.261 e. The predicted octanol–water partition coefficient (Wildman–Crippen LogP) is 6.82. The Balaban J connectivity index is 1.59. The number of halogens is 1. The number of nitrogens with one attached hydrogen (secondary N) is 1. The second-order valence-corrected chi connectivity index (χ2v) is 12.2. The summed E-state index contributed by atoms with van der Waals surface area (Å²) in [6.45, 7) is 6.63. The summed E-state index contributed by atoms with van der Waals surface area (Å²) in [5, 5.41) is 3.24. The van der Waals surface area contributed by atoms with E-state index in [9.17, 15) is 9.59 Å². The highest BCUT2D eigenvalue weighted by atomic mass is 79.9. The van der Waals surface area contributed by atoms with Crippen LogP contribution in [0, 0.1) is 0 Å². The molecule has 1 atom stereocenters. The second kappa shape index (κ2) is 13.3. The van der Waals surface area contributed by atoms with Crippen molar-refractivity contribution in [2.24, 2.45) is 0 Å². The van der Waals surface area contributed by atoms with Gasteiger partial charge in [0.05, 0.1) is 4.47 Å². The molecule has 3 aromatic carbocycles. The first kappa shape index (κ1) is 28.9. The van der Waals surface area contributed by atoms with Crippen LogP contribution in [0.3, 0.4) is 0 Å². The molecule has 0 saturated heterocycles. The van der Waals surface area contributed by atoms with Crippen molar-refractivity contribution >= 4 is 27.7 Å². The summed E-state index contributed by atoms with van der Waals surface area (Å²) < 4.78 is 6.83. The molecular formula is C33H39BrN2O3. The molecule has 0 unspecified atom stereocenters. The molecule has 1 saturated carbocycles. The molecule has 39 heavy (non-hydrogen) atoms. The lowest BCUT2D eigenvalue weighted by Crippen LogP contribution is -2.53. The fraction of sp³-hybridized carbons (Fsp3) is 0.394. The van der Waals surface area contributed by atoms with E-state index in [1.54, 1.807) is 4.90 Å². The number of hydrogen-bond donors (Lipinski definition) is 1. The minimum Gasteiger partial charge on any atom is -0.483 e. The number of benzene rings is 3. The average molecular weight is 592 g/mol. The van der Waals surface area contributed by atoms with Gasteiger partial charge >= 0.3 is 0 Å². The first-order chi connectivity index (χ1) is 18.7. The van der Waals surface area contributed by atoms with E-state index in [2.05, 4.69) is 42.0 Å². The molecule has 3 aromatic rings. The first-order valence-corrected chi connectivity index (χ1v) is 14.6. The van der Waals surface area contributed by atoms with E-state index >= 15 is 0 Å². The summed E-state index contributed by atoms with van der Waals surface area (Å²) in [5.41, 5.74) is 3.15. The Labute approximate surface area is 241 Å². The molecule has 0 aliphatic heterocycles. The predicted molar refractivity (Wildman–Crippen MR) is 160 cm³/mol. The molecule has 1 aliphatic rings. The van der Waals surface area contributed by atoms with Crippen molar-refractivity contribution in [1.29, 1.82) is 0 Å². The van der Waals surface area contributed by atoms with Crippen LogP contribution < -0.4 is 10.1 Å². The molecule has 0 spiro atoms. The van der Waals surface area contributed by atoms with Crippen LogP contribution in [0.5, 0.6) is 5.75 Å². The third-order valence-electron chi connectivity index (χ3n) is 7.32. The first-order valence-electron chi connectivity index (χ1n) is 13.8. The van der Waals surface area contributed by atoms with Gasteiger partial charge in [0.1, 0.15) is 11.8 Å². The molecule has 0 aromatic heterocycles. The summed E-state index contributed by atoms with van der Waals surface area (Å²) in [6.07, 6.45) is 4.65. The fourth-order valence-electron chi connectivity index (χ4n) is 5.01. The van der Waals surface area contributed by atoms with Crippen LogP contribution in [0.15, 0.2) is 83.3 Å². The van der Waals surface area contributed by atoms with Crippen LogP contribution in [0.1, 0.15) is 63.1 Å². The van der Waals surface area contributed by atoms with Gasteiger partial charge in [-0.15, -0.1) is 0 Å². The third kappa shape index (κ3) is 8.18. The van der Waals surface area contributed by atoms with Gasteiger partial charge in [-0.25, -0.2) is 0 Å². The number of hydrogen-bond acceptors (Lipinski definition) is 3. The molecule has 1 N–H and O–H groups in total. The molecule has 1 aliphatic carbocycles. The monoisotopic (exact) mass is 590 g/mol. The molecule has 5 nitrogen and oxygen atoms in total. The van der Waals surface area contributed by atoms with Gasteiger partial charge in [-0.05, 0) is 63.0 Å². The summed E-state index contributed by atoms with van der Waals surface area (Å²) in [4.78, 5) is 29.3. The zero-order valence-corrected chi connectivity index (χ0v) is 24.7. The quantitative estimate of drug-likeness (QED) is 0.282. The standard InChI is InChI=1S/C33H39BrN2O3/c1-33(2,3)26-18-19-30(28(34)21-26)39-23-31(37)36(22-25-14-8-5-9-15-25)29(20-24-12-6-4-7-13-24)32(38)35-27-16-10-11-17-27/h4-9,12-15,18-19,21,27,29H,10-11,16-17,20,22-23H2,1-3H3,(H,35,38)/t29-/m1/s1. The van der Waals surface area contributed by atoms with Gasteiger partial charge in [-0.2, -0.15) is 0 Å². The number of ether oxygens (including phenoxy) is 1. The Hall–Kier alpha value is -3.12. The molecule has 4 rings (SSSR count). The van der Waals surface area contributed by atoms with Crippen molar-refractivity contribution in [1.82, 2.24) is 10.2 Å². The van der Waals surface area contributed by atoms with Crippen LogP contribution in [0.25, 0.3) is 0 Å². The minimum atomic E-state index is -0.656. The van der Waals surface area contributed by atoms with Gasteiger partial charge in [0.25, 0.3) is 5.91 Å². The van der Waals surface area contributed by atoms with Crippen molar-refractivity contribution in [3.8, 4) is 5.75 Å². The highest BCUT2D eigenvalue weighted by Crippen LogP contribution is 2.31. The number of carbonyl (C=O) groups is 2. The van der Waals surface area contributed by atoms with E-state index < -0.39 is 6.04 Å². The highest BCUT2D eigenvalue weighted by Gasteiger charge is 2.32. The van der Waals surface area contributed by atoms with Gasteiger partial charge in [0, 0.05) is 19.0 Å². The van der Waals surface area contributed by atoms with Crippen molar-refractivity contribution in [2.75, 3.05) is 6.61 Å². The van der Waals surface area contributed by atoms with E-state index in [1.165, 1.54) is 5.56 Å². The van der Waals surface area contributed by atoms with Crippen LogP contribution in [-0.4, -0.2) is 35.4 Å². The van der Waals surface area contributed by atoms with Crippen molar-refractivity contribution < 1.29 is 14.3 Å². The molecule has 2 amide bonds. The van der Waals surface area contributed by atoms with E-state index in [-0.39, 0.29) is 29.9 Å². The largest absolute Gasteiger partial charge is 0.483 e. The summed E-state index contributed by atoms with van der Waals surface area (Å²) in [5.74, 6) is 0.268. The van der Waals surface area contributed by atoms with Crippen molar-refractivity contribution in [3.63, 3.8) is 0 Å². The normalized spacial score (nSPS) is 14.6. The topological polar surface area (TPSA) is 58.6 Å². The summed E-state index contributed by atoms with van der Waals surface area (Å²) >= 11 is 3.61. The molecule has 0 radical (unpaired) electrons. The Bertz CT molecular complexity index is 1230. The lowest BCUT2D eigenvalue weighted by Gasteiger charge is -2.32. The van der Waals surface area contributed by atoms with E-state index in [4.69, 9.17) is 4.74 Å². The van der Waals surface area contributed by atoms with Crippen molar-refractivity contribution in [3.05, 3.63) is 100 Å². The molecule has 0 bridgehead atoms. The average Bonchev–Trinajstić information content (AvgIpc) is 3.43. The second-order valence-electron chi connectivity index (χ2n) is 11.4. The zero-order chi connectivity index (χ0) is 27.8. The number of amides is 2. The fourth-order valence-corrected chi connectivity index (χ4v) is 5.50. The molecule has 206 valence electrons. The lowest BCUT2D eigenvalue weighted by atomic mass is 9.87.